The van der Waals surface area contributed by atoms with Crippen LogP contribution in [-0.2, 0) is 22.1 Å². The predicted molar refractivity (Wildman–Crippen MR) is 153 cm³/mol. The van der Waals surface area contributed by atoms with Gasteiger partial charge in [0, 0.05) is 0 Å². The summed E-state index contributed by atoms with van der Waals surface area (Å²) in [5.74, 6) is 0. The fraction of sp³-hybridized carbons (Fsp3) is 0.467. The van der Waals surface area contributed by atoms with E-state index in [-0.39, 0.29) is 10.1 Å². The Morgan fingerprint density at radius 3 is 1.50 bits per heavy atom. The van der Waals surface area contributed by atoms with Gasteiger partial charge in [0.05, 0.1) is 13.2 Å². The van der Waals surface area contributed by atoms with Crippen LogP contribution in [0.4, 0.5) is 0 Å². The molecule has 0 atom stereocenters. The van der Waals surface area contributed by atoms with Crippen molar-refractivity contribution < 1.29 is 8.85 Å². The maximum atomic E-state index is 6.60. The van der Waals surface area contributed by atoms with E-state index in [1.807, 2.05) is 0 Å². The fourth-order valence-corrected chi connectivity index (χ4v) is 5.35. The largest absolute Gasteiger partial charge is 0.413 e. The van der Waals surface area contributed by atoms with Gasteiger partial charge in [0.15, 0.2) is 16.6 Å². The highest BCUT2D eigenvalue weighted by molar-refractivity contribution is 6.74. The molecular weight excluding hydrogens is 449 g/mol. The lowest BCUT2D eigenvalue weighted by Gasteiger charge is -2.36. The number of fused-ring (bicyclic) bond motifs is 1. The molecule has 0 heterocycles. The number of rotatable bonds is 7. The summed E-state index contributed by atoms with van der Waals surface area (Å²) < 4.78 is 13.2. The van der Waals surface area contributed by atoms with Crippen molar-refractivity contribution in [1.82, 2.24) is 0 Å². The molecule has 0 spiro atoms. The van der Waals surface area contributed by atoms with Gasteiger partial charge in [-0.15, -0.1) is 0 Å². The van der Waals surface area contributed by atoms with Gasteiger partial charge < -0.3 is 8.85 Å². The zero-order valence-corrected chi connectivity index (χ0v) is 25.0. The van der Waals surface area contributed by atoms with Gasteiger partial charge in [0.2, 0.25) is 0 Å². The van der Waals surface area contributed by atoms with E-state index in [0.29, 0.717) is 13.2 Å². The first-order valence-electron chi connectivity index (χ1n) is 12.5. The van der Waals surface area contributed by atoms with Crippen LogP contribution < -0.4 is 0 Å². The molecule has 0 saturated heterocycles. The van der Waals surface area contributed by atoms with E-state index in [0.717, 1.165) is 0 Å². The van der Waals surface area contributed by atoms with Gasteiger partial charge in [-0.1, -0.05) is 84.0 Å². The summed E-state index contributed by atoms with van der Waals surface area (Å²) in [6.07, 6.45) is 0. The Morgan fingerprint density at radius 2 is 1.03 bits per heavy atom. The lowest BCUT2D eigenvalue weighted by molar-refractivity contribution is 0.271. The third kappa shape index (κ3) is 6.28. The van der Waals surface area contributed by atoms with E-state index in [1.165, 1.54) is 33.0 Å². The molecule has 0 aromatic heterocycles. The van der Waals surface area contributed by atoms with Gasteiger partial charge in [-0.25, -0.2) is 0 Å². The normalized spacial score (nSPS) is 13.5. The fourth-order valence-electron chi connectivity index (χ4n) is 3.43. The van der Waals surface area contributed by atoms with Crippen molar-refractivity contribution in [2.45, 2.75) is 91.0 Å². The molecule has 2 nitrogen and oxygen atoms in total. The maximum Gasteiger partial charge on any atom is 0.192 e. The van der Waals surface area contributed by atoms with E-state index in [9.17, 15) is 0 Å². The summed E-state index contributed by atoms with van der Waals surface area (Å²) in [7, 11) is -3.67. The average Bonchev–Trinajstić information content (AvgIpc) is 2.74. The highest BCUT2D eigenvalue weighted by Gasteiger charge is 2.38. The number of hydrogen-bond acceptors (Lipinski definition) is 2. The van der Waals surface area contributed by atoms with E-state index >= 15 is 0 Å². The van der Waals surface area contributed by atoms with Gasteiger partial charge in [-0.05, 0) is 87.5 Å². The standard InChI is InChI=1S/C30H44O2Si2/c1-29(2,3)33(7,8)31-21-23-17-24(22-32-34(9,10)30(4,5)6)19-28(18-23)27-16-15-25-13-11-12-14-26(25)20-27/h11-20H,21-22H2,1-10H3. The first-order chi connectivity index (χ1) is 15.6. The van der Waals surface area contributed by atoms with Crippen molar-refractivity contribution in [2.75, 3.05) is 0 Å². The van der Waals surface area contributed by atoms with Crippen LogP contribution in [0, 0.1) is 0 Å². The molecule has 34 heavy (non-hydrogen) atoms. The zero-order chi connectivity index (χ0) is 25.4. The molecule has 0 bridgehead atoms. The van der Waals surface area contributed by atoms with Crippen LogP contribution in [0.1, 0.15) is 52.7 Å². The van der Waals surface area contributed by atoms with Crippen LogP contribution >= 0.6 is 0 Å². The van der Waals surface area contributed by atoms with Crippen LogP contribution in [0.2, 0.25) is 36.3 Å². The third-order valence-corrected chi connectivity index (χ3v) is 16.9. The van der Waals surface area contributed by atoms with E-state index in [2.05, 4.69) is 128 Å². The van der Waals surface area contributed by atoms with Crippen LogP contribution in [-0.4, -0.2) is 16.6 Å². The van der Waals surface area contributed by atoms with Crippen LogP contribution in [0.25, 0.3) is 21.9 Å². The minimum Gasteiger partial charge on any atom is -0.413 e. The smallest absolute Gasteiger partial charge is 0.192 e. The molecule has 0 aliphatic heterocycles. The molecule has 0 saturated carbocycles. The first kappa shape index (κ1) is 26.9. The molecule has 0 N–H and O–H groups in total. The van der Waals surface area contributed by atoms with E-state index < -0.39 is 16.6 Å². The summed E-state index contributed by atoms with van der Waals surface area (Å²) in [6, 6.07) is 22.2. The monoisotopic (exact) mass is 492 g/mol. The van der Waals surface area contributed by atoms with Gasteiger partial charge in [0.1, 0.15) is 0 Å². The Kier molecular flexibility index (Phi) is 7.69. The minimum atomic E-state index is -1.84. The first-order valence-corrected chi connectivity index (χ1v) is 18.3. The van der Waals surface area contributed by atoms with Gasteiger partial charge in [-0.3, -0.25) is 0 Å². The van der Waals surface area contributed by atoms with Gasteiger partial charge in [-0.2, -0.15) is 0 Å². The lowest BCUT2D eigenvalue weighted by atomic mass is 9.98. The van der Waals surface area contributed by atoms with Crippen molar-refractivity contribution in [1.29, 1.82) is 0 Å². The van der Waals surface area contributed by atoms with Crippen molar-refractivity contribution >= 4 is 27.4 Å². The molecule has 0 amide bonds. The Morgan fingerprint density at radius 1 is 0.559 bits per heavy atom. The quantitative estimate of drug-likeness (QED) is 0.306. The topological polar surface area (TPSA) is 18.5 Å². The molecule has 0 radical (unpaired) electrons. The highest BCUT2D eigenvalue weighted by Crippen LogP contribution is 2.39. The predicted octanol–water partition coefficient (Wildman–Crippen LogP) is 9.55. The number of benzene rings is 3. The summed E-state index contributed by atoms with van der Waals surface area (Å²) in [5, 5.41) is 2.92. The maximum absolute atomic E-state index is 6.60. The van der Waals surface area contributed by atoms with Crippen molar-refractivity contribution in [3.05, 3.63) is 71.8 Å². The molecule has 3 aromatic rings. The highest BCUT2D eigenvalue weighted by atomic mass is 28.4. The van der Waals surface area contributed by atoms with E-state index in [1.54, 1.807) is 0 Å². The molecule has 4 heteroatoms. The Hall–Kier alpha value is -1.73. The second kappa shape index (κ2) is 9.73. The average molecular weight is 493 g/mol. The van der Waals surface area contributed by atoms with Crippen LogP contribution in [0.5, 0.6) is 0 Å². The van der Waals surface area contributed by atoms with Crippen molar-refractivity contribution in [2.24, 2.45) is 0 Å². The second-order valence-corrected chi connectivity index (χ2v) is 22.3. The van der Waals surface area contributed by atoms with E-state index in [4.69, 9.17) is 8.85 Å². The summed E-state index contributed by atoms with van der Waals surface area (Å²) in [6.45, 7) is 24.3. The van der Waals surface area contributed by atoms with Gasteiger partial charge in [0.25, 0.3) is 0 Å². The molecule has 0 aliphatic carbocycles. The second-order valence-electron chi connectivity index (χ2n) is 12.7. The Balaban J connectivity index is 1.97. The Bertz CT molecular complexity index is 1090. The summed E-state index contributed by atoms with van der Waals surface area (Å²) >= 11 is 0. The molecular formula is C30H44O2Si2. The van der Waals surface area contributed by atoms with Gasteiger partial charge >= 0.3 is 0 Å². The SMILES string of the molecule is CC(C)(C)[Si](C)(C)OCc1cc(CO[Si](C)(C)C(C)(C)C)cc(-c2ccc3ccccc3c2)c1. The molecule has 0 fully saturated rings. The van der Waals surface area contributed by atoms with Crippen LogP contribution in [0.3, 0.4) is 0 Å². The summed E-state index contributed by atoms with van der Waals surface area (Å²) in [4.78, 5) is 0. The molecule has 3 rings (SSSR count). The van der Waals surface area contributed by atoms with Crippen molar-refractivity contribution in [3.63, 3.8) is 0 Å². The molecule has 3 aromatic carbocycles. The molecule has 184 valence electrons. The zero-order valence-electron chi connectivity index (χ0n) is 23.0. The van der Waals surface area contributed by atoms with Crippen molar-refractivity contribution in [3.8, 4) is 11.1 Å². The molecule has 0 aliphatic rings. The summed E-state index contributed by atoms with van der Waals surface area (Å²) in [5.41, 5.74) is 4.92. The molecule has 0 unspecified atom stereocenters. The Labute approximate surface area is 210 Å². The minimum absolute atomic E-state index is 0.192. The third-order valence-electron chi connectivity index (χ3n) is 7.95. The number of hydrogen-bond donors (Lipinski definition) is 0. The lowest BCUT2D eigenvalue weighted by Crippen LogP contribution is -2.40. The van der Waals surface area contributed by atoms with Crippen LogP contribution in [0.15, 0.2) is 60.7 Å².